The van der Waals surface area contributed by atoms with Gasteiger partial charge in [-0.25, -0.2) is 9.78 Å². The molecular weight excluding hydrogens is 354 g/mol. The summed E-state index contributed by atoms with van der Waals surface area (Å²) in [7, 11) is 0. The van der Waals surface area contributed by atoms with Crippen molar-refractivity contribution in [3.8, 4) is 17.2 Å². The van der Waals surface area contributed by atoms with E-state index in [2.05, 4.69) is 4.98 Å². The van der Waals surface area contributed by atoms with Gasteiger partial charge in [0.1, 0.15) is 29.9 Å². The Labute approximate surface area is 153 Å². The highest BCUT2D eigenvalue weighted by Crippen LogP contribution is 2.24. The molecule has 0 aliphatic carbocycles. The van der Waals surface area contributed by atoms with E-state index in [1.807, 2.05) is 31.2 Å². The van der Waals surface area contributed by atoms with Gasteiger partial charge in [0.05, 0.1) is 0 Å². The lowest BCUT2D eigenvalue weighted by atomic mass is 10.1. The molecule has 0 atom stereocenters. The molecule has 0 aliphatic rings. The zero-order valence-corrected chi connectivity index (χ0v) is 14.6. The number of ether oxygens (including phenoxy) is 1. The first kappa shape index (κ1) is 16.4. The molecule has 26 heavy (non-hydrogen) atoms. The van der Waals surface area contributed by atoms with Crippen molar-refractivity contribution >= 4 is 22.6 Å². The number of fused-ring (bicyclic) bond motifs is 1. The summed E-state index contributed by atoms with van der Waals surface area (Å²) < 4.78 is 16.5. The molecule has 0 saturated carbocycles. The number of rotatable bonds is 4. The molecule has 130 valence electrons. The van der Waals surface area contributed by atoms with Crippen LogP contribution in [-0.4, -0.2) is 4.98 Å². The lowest BCUT2D eigenvalue weighted by Gasteiger charge is -2.06. The van der Waals surface area contributed by atoms with Gasteiger partial charge in [-0.1, -0.05) is 17.7 Å². The minimum absolute atomic E-state index is 0.228. The number of halogens is 1. The maximum Gasteiger partial charge on any atom is 0.336 e. The number of aryl methyl sites for hydroxylation is 1. The number of benzene rings is 2. The quantitative estimate of drug-likeness (QED) is 0.475. The van der Waals surface area contributed by atoms with Crippen LogP contribution in [0.1, 0.15) is 11.3 Å². The third-order valence-corrected chi connectivity index (χ3v) is 4.17. The maximum atomic E-state index is 11.5. The fraction of sp³-hybridized carbons (Fsp3) is 0.100. The van der Waals surface area contributed by atoms with Gasteiger partial charge in [-0.3, -0.25) is 0 Å². The zero-order chi connectivity index (χ0) is 18.1. The van der Waals surface area contributed by atoms with Gasteiger partial charge in [0.25, 0.3) is 0 Å². The number of oxazole rings is 1. The van der Waals surface area contributed by atoms with Crippen molar-refractivity contribution in [3.63, 3.8) is 0 Å². The first-order chi connectivity index (χ1) is 12.6. The summed E-state index contributed by atoms with van der Waals surface area (Å²) in [6.45, 7) is 2.10. The molecule has 2 aromatic carbocycles. The van der Waals surface area contributed by atoms with Gasteiger partial charge in [-0.15, -0.1) is 0 Å². The Hall–Kier alpha value is -3.05. The Balaban J connectivity index is 1.53. The van der Waals surface area contributed by atoms with Crippen LogP contribution in [0.2, 0.25) is 5.02 Å². The predicted octanol–water partition coefficient (Wildman–Crippen LogP) is 4.99. The van der Waals surface area contributed by atoms with Gasteiger partial charge in [-0.05, 0) is 42.8 Å². The third kappa shape index (κ3) is 3.34. The van der Waals surface area contributed by atoms with Gasteiger partial charge in [0.2, 0.25) is 5.89 Å². The van der Waals surface area contributed by atoms with E-state index in [0.29, 0.717) is 27.9 Å². The number of hydrogen-bond donors (Lipinski definition) is 0. The van der Waals surface area contributed by atoms with Crippen molar-refractivity contribution in [2.45, 2.75) is 13.5 Å². The fourth-order valence-electron chi connectivity index (χ4n) is 2.68. The average Bonchev–Trinajstić information content (AvgIpc) is 3.08. The van der Waals surface area contributed by atoms with E-state index >= 15 is 0 Å². The molecule has 0 spiro atoms. The molecule has 0 bridgehead atoms. The highest BCUT2D eigenvalue weighted by molar-refractivity contribution is 6.30. The fourth-order valence-corrected chi connectivity index (χ4v) is 2.87. The molecule has 0 N–H and O–H groups in total. The van der Waals surface area contributed by atoms with Crippen LogP contribution in [0.4, 0.5) is 0 Å². The summed E-state index contributed by atoms with van der Waals surface area (Å²) in [6.07, 6.45) is 1.54. The van der Waals surface area contributed by atoms with Crippen LogP contribution >= 0.6 is 11.6 Å². The molecule has 2 heterocycles. The molecule has 0 fully saturated rings. The molecule has 6 heteroatoms. The number of nitrogens with zero attached hydrogens (tertiary/aromatic N) is 1. The summed E-state index contributed by atoms with van der Waals surface area (Å²) in [5.41, 5.74) is 2.42. The van der Waals surface area contributed by atoms with Gasteiger partial charge in [0, 0.05) is 28.1 Å². The maximum absolute atomic E-state index is 11.5. The second kappa shape index (κ2) is 6.69. The Morgan fingerprint density at radius 3 is 2.88 bits per heavy atom. The SMILES string of the molecule is Cc1cc(=O)oc2cc(OCc3coc(-c4cccc(Cl)c4)n3)ccc12. The first-order valence-corrected chi connectivity index (χ1v) is 8.34. The Kier molecular flexibility index (Phi) is 4.22. The van der Waals surface area contributed by atoms with Crippen molar-refractivity contribution in [2.75, 3.05) is 0 Å². The second-order valence-electron chi connectivity index (χ2n) is 5.85. The molecule has 4 rings (SSSR count). The smallest absolute Gasteiger partial charge is 0.336 e. The Bertz CT molecular complexity index is 1150. The summed E-state index contributed by atoms with van der Waals surface area (Å²) in [5, 5.41) is 1.49. The van der Waals surface area contributed by atoms with Crippen LogP contribution in [0.25, 0.3) is 22.4 Å². The van der Waals surface area contributed by atoms with E-state index in [-0.39, 0.29) is 12.2 Å². The molecule has 0 aliphatic heterocycles. The largest absolute Gasteiger partial charge is 0.487 e. The highest BCUT2D eigenvalue weighted by atomic mass is 35.5. The lowest BCUT2D eigenvalue weighted by Crippen LogP contribution is -1.99. The third-order valence-electron chi connectivity index (χ3n) is 3.93. The van der Waals surface area contributed by atoms with Crippen molar-refractivity contribution in [3.05, 3.63) is 81.5 Å². The molecule has 0 amide bonds. The van der Waals surface area contributed by atoms with Crippen LogP contribution in [0.15, 0.2) is 68.4 Å². The van der Waals surface area contributed by atoms with Crippen molar-refractivity contribution < 1.29 is 13.6 Å². The van der Waals surface area contributed by atoms with Crippen molar-refractivity contribution in [2.24, 2.45) is 0 Å². The van der Waals surface area contributed by atoms with Gasteiger partial charge < -0.3 is 13.6 Å². The molecule has 5 nitrogen and oxygen atoms in total. The van der Waals surface area contributed by atoms with Gasteiger partial charge in [0.15, 0.2) is 0 Å². The van der Waals surface area contributed by atoms with E-state index in [0.717, 1.165) is 16.5 Å². The molecule has 0 radical (unpaired) electrons. The highest BCUT2D eigenvalue weighted by Gasteiger charge is 2.09. The summed E-state index contributed by atoms with van der Waals surface area (Å²) in [4.78, 5) is 15.9. The van der Waals surface area contributed by atoms with Crippen LogP contribution in [0, 0.1) is 6.92 Å². The van der Waals surface area contributed by atoms with Crippen molar-refractivity contribution in [1.82, 2.24) is 4.98 Å². The second-order valence-corrected chi connectivity index (χ2v) is 6.29. The zero-order valence-electron chi connectivity index (χ0n) is 13.9. The summed E-state index contributed by atoms with van der Waals surface area (Å²) in [6, 6.07) is 14.1. The summed E-state index contributed by atoms with van der Waals surface area (Å²) in [5.74, 6) is 1.06. The first-order valence-electron chi connectivity index (χ1n) is 7.96. The molecule has 0 saturated heterocycles. The average molecular weight is 368 g/mol. The number of aromatic nitrogens is 1. The Morgan fingerprint density at radius 1 is 1.15 bits per heavy atom. The van der Waals surface area contributed by atoms with E-state index < -0.39 is 0 Å². The van der Waals surface area contributed by atoms with Gasteiger partial charge >= 0.3 is 5.63 Å². The predicted molar refractivity (Wildman–Crippen MR) is 98.5 cm³/mol. The molecular formula is C20H14ClNO4. The molecule has 0 unspecified atom stereocenters. The normalized spacial score (nSPS) is 11.0. The number of hydrogen-bond acceptors (Lipinski definition) is 5. The summed E-state index contributed by atoms with van der Waals surface area (Å²) >= 11 is 5.99. The van der Waals surface area contributed by atoms with Crippen LogP contribution in [-0.2, 0) is 6.61 Å². The Morgan fingerprint density at radius 2 is 2.04 bits per heavy atom. The topological polar surface area (TPSA) is 65.5 Å². The van der Waals surface area contributed by atoms with Crippen LogP contribution in [0.3, 0.4) is 0 Å². The monoisotopic (exact) mass is 367 g/mol. The van der Waals surface area contributed by atoms with Gasteiger partial charge in [-0.2, -0.15) is 0 Å². The molecule has 2 aromatic heterocycles. The minimum Gasteiger partial charge on any atom is -0.487 e. The minimum atomic E-state index is -0.380. The van der Waals surface area contributed by atoms with Crippen LogP contribution in [0.5, 0.6) is 5.75 Å². The lowest BCUT2D eigenvalue weighted by molar-refractivity contribution is 0.301. The van der Waals surface area contributed by atoms with E-state index in [1.165, 1.54) is 6.07 Å². The van der Waals surface area contributed by atoms with Crippen LogP contribution < -0.4 is 10.4 Å². The van der Waals surface area contributed by atoms with E-state index in [4.69, 9.17) is 25.2 Å². The van der Waals surface area contributed by atoms with E-state index in [9.17, 15) is 4.79 Å². The van der Waals surface area contributed by atoms with Crippen molar-refractivity contribution in [1.29, 1.82) is 0 Å². The van der Waals surface area contributed by atoms with E-state index in [1.54, 1.807) is 24.5 Å². The molecule has 4 aromatic rings. The standard InChI is InChI=1S/C20H14ClNO4/c1-12-7-19(23)26-18-9-16(5-6-17(12)18)24-10-15-11-25-20(22-15)13-3-2-4-14(21)8-13/h2-9,11H,10H2,1H3.